The fourth-order valence-electron chi connectivity index (χ4n) is 4.87. The summed E-state index contributed by atoms with van der Waals surface area (Å²) >= 11 is 4.71. The molecule has 0 fully saturated rings. The third-order valence-corrected chi connectivity index (χ3v) is 8.40. The minimum absolute atomic E-state index is 0.260. The summed E-state index contributed by atoms with van der Waals surface area (Å²) in [6.45, 7) is 8.18. The number of rotatable bonds is 10. The van der Waals surface area contributed by atoms with Gasteiger partial charge < -0.3 is 18.9 Å². The van der Waals surface area contributed by atoms with E-state index in [2.05, 4.69) is 20.9 Å². The molecule has 4 aromatic rings. The molecule has 3 aromatic carbocycles. The molecule has 0 N–H and O–H groups in total. The van der Waals surface area contributed by atoms with Crippen LogP contribution in [0.2, 0.25) is 0 Å². The van der Waals surface area contributed by atoms with Gasteiger partial charge >= 0.3 is 5.97 Å². The summed E-state index contributed by atoms with van der Waals surface area (Å²) in [6, 6.07) is 20.1. The van der Waals surface area contributed by atoms with E-state index in [1.165, 1.54) is 11.3 Å². The molecule has 2 heterocycles. The molecule has 0 saturated heterocycles. The molecule has 1 aliphatic heterocycles. The fraction of sp³-hybridized carbons (Fsp3) is 0.265. The number of hydrogen-bond donors (Lipinski definition) is 0. The smallest absolute Gasteiger partial charge is 0.338 e. The van der Waals surface area contributed by atoms with Crippen LogP contribution in [0.3, 0.4) is 0 Å². The lowest BCUT2D eigenvalue weighted by Crippen LogP contribution is -2.40. The average molecular weight is 678 g/mol. The molecule has 0 radical (unpaired) electrons. The third-order valence-electron chi connectivity index (χ3n) is 6.88. The predicted molar refractivity (Wildman–Crippen MR) is 174 cm³/mol. The van der Waals surface area contributed by atoms with Crippen molar-refractivity contribution in [3.63, 3.8) is 0 Å². The lowest BCUT2D eigenvalue weighted by molar-refractivity contribution is -0.143. The van der Waals surface area contributed by atoms with Gasteiger partial charge in [-0.25, -0.2) is 9.79 Å². The first-order valence-corrected chi connectivity index (χ1v) is 15.8. The quantitative estimate of drug-likeness (QED) is 0.193. The second-order valence-corrected chi connectivity index (χ2v) is 12.3. The van der Waals surface area contributed by atoms with Crippen LogP contribution in [0.1, 0.15) is 50.4 Å². The Morgan fingerprint density at radius 3 is 2.43 bits per heavy atom. The zero-order valence-electron chi connectivity index (χ0n) is 25.1. The van der Waals surface area contributed by atoms with Gasteiger partial charge in [0.25, 0.3) is 5.56 Å². The van der Waals surface area contributed by atoms with Crippen molar-refractivity contribution in [2.24, 2.45) is 4.99 Å². The topological polar surface area (TPSA) is 88.4 Å². The van der Waals surface area contributed by atoms with Gasteiger partial charge in [-0.05, 0) is 86.9 Å². The molecule has 1 aliphatic rings. The lowest BCUT2D eigenvalue weighted by atomic mass is 9.96. The van der Waals surface area contributed by atoms with Crippen molar-refractivity contribution in [1.82, 2.24) is 4.57 Å². The van der Waals surface area contributed by atoms with E-state index in [1.807, 2.05) is 73.7 Å². The third kappa shape index (κ3) is 6.81. The molecule has 228 valence electrons. The summed E-state index contributed by atoms with van der Waals surface area (Å²) in [7, 11) is 1.58. The zero-order valence-corrected chi connectivity index (χ0v) is 27.5. The highest BCUT2D eigenvalue weighted by atomic mass is 79.9. The Labute approximate surface area is 268 Å². The highest BCUT2D eigenvalue weighted by molar-refractivity contribution is 9.10. The highest BCUT2D eigenvalue weighted by Crippen LogP contribution is 2.32. The Bertz CT molecular complexity index is 1870. The van der Waals surface area contributed by atoms with E-state index in [9.17, 15) is 9.59 Å². The summed E-state index contributed by atoms with van der Waals surface area (Å²) in [6.07, 6.45) is 1.47. The van der Waals surface area contributed by atoms with Crippen LogP contribution in [0.5, 0.6) is 17.2 Å². The minimum Gasteiger partial charge on any atom is -0.494 e. The van der Waals surface area contributed by atoms with Gasteiger partial charge in [0.05, 0.1) is 41.7 Å². The van der Waals surface area contributed by atoms with Crippen LogP contribution < -0.4 is 29.1 Å². The largest absolute Gasteiger partial charge is 0.494 e. The fourth-order valence-corrected chi connectivity index (χ4v) is 6.19. The predicted octanol–water partition coefficient (Wildman–Crippen LogP) is 5.94. The summed E-state index contributed by atoms with van der Waals surface area (Å²) in [5, 5.41) is 0. The Hall–Kier alpha value is -4.15. The van der Waals surface area contributed by atoms with E-state index in [-0.39, 0.29) is 11.7 Å². The van der Waals surface area contributed by atoms with Gasteiger partial charge in [-0.1, -0.05) is 57.6 Å². The van der Waals surface area contributed by atoms with Crippen LogP contribution in [0.4, 0.5) is 0 Å². The van der Waals surface area contributed by atoms with Gasteiger partial charge in [-0.15, -0.1) is 0 Å². The van der Waals surface area contributed by atoms with Crippen LogP contribution in [-0.2, 0) is 16.1 Å². The van der Waals surface area contributed by atoms with Gasteiger partial charge in [0.15, 0.2) is 16.3 Å². The molecular formula is C34H33BrN2O6S. The van der Waals surface area contributed by atoms with E-state index in [4.69, 9.17) is 18.9 Å². The molecule has 1 atom stereocenters. The number of carbonyl (C=O) groups excluding carboxylic acids is 1. The first-order chi connectivity index (χ1) is 21.2. The molecule has 0 aliphatic carbocycles. The van der Waals surface area contributed by atoms with E-state index in [0.717, 1.165) is 21.2 Å². The van der Waals surface area contributed by atoms with Gasteiger partial charge in [0.1, 0.15) is 12.4 Å². The molecule has 10 heteroatoms. The number of allylic oxidation sites excluding steroid dienone is 1. The van der Waals surface area contributed by atoms with Crippen molar-refractivity contribution in [1.29, 1.82) is 0 Å². The molecule has 0 amide bonds. The number of methoxy groups -OCH3 is 1. The SMILES string of the molecule is CCOc1ccc([C@H]2C(C(=O)OC(C)C)=C(C)N=c3s/c(=C/c4ccc(OCc5ccc(Br)cc5)c(OC)c4)c(=O)n32)cc1. The van der Waals surface area contributed by atoms with Crippen molar-refractivity contribution >= 4 is 39.3 Å². The van der Waals surface area contributed by atoms with Crippen LogP contribution in [-0.4, -0.2) is 30.4 Å². The molecule has 1 aromatic heterocycles. The van der Waals surface area contributed by atoms with Crippen molar-refractivity contribution in [2.45, 2.75) is 46.4 Å². The number of ether oxygens (including phenoxy) is 4. The minimum atomic E-state index is -0.709. The van der Waals surface area contributed by atoms with Crippen molar-refractivity contribution in [3.05, 3.63) is 119 Å². The van der Waals surface area contributed by atoms with E-state index in [1.54, 1.807) is 38.5 Å². The number of hydrogen-bond acceptors (Lipinski definition) is 8. The van der Waals surface area contributed by atoms with E-state index < -0.39 is 12.0 Å². The maximum Gasteiger partial charge on any atom is 0.338 e. The number of esters is 1. The van der Waals surface area contributed by atoms with Crippen LogP contribution in [0, 0.1) is 0 Å². The zero-order chi connectivity index (χ0) is 31.4. The second kappa shape index (κ2) is 13.7. The van der Waals surface area contributed by atoms with Crippen LogP contribution >= 0.6 is 27.3 Å². The Morgan fingerprint density at radius 1 is 1.05 bits per heavy atom. The van der Waals surface area contributed by atoms with Gasteiger partial charge in [-0.2, -0.15) is 0 Å². The first-order valence-electron chi connectivity index (χ1n) is 14.2. The summed E-state index contributed by atoms with van der Waals surface area (Å²) in [5.41, 5.74) is 3.11. The molecule has 8 nitrogen and oxygen atoms in total. The molecule has 0 spiro atoms. The number of halogens is 1. The number of carbonyl (C=O) groups is 1. The standard InChI is InChI=1S/C34H33BrN2O6S/c1-6-41-26-14-10-24(11-15-26)31-30(33(39)43-20(2)3)21(4)36-34-37(31)32(38)29(44-34)18-23-9-16-27(28(17-23)40-5)42-19-22-7-12-25(35)13-8-22/h7-18,20,31H,6,19H2,1-5H3/b29-18+/t31-/m0/s1. The maximum absolute atomic E-state index is 14.0. The molecule has 0 unspecified atom stereocenters. The Morgan fingerprint density at radius 2 is 1.77 bits per heavy atom. The molecule has 5 rings (SSSR count). The maximum atomic E-state index is 14.0. The normalized spacial score (nSPS) is 14.7. The molecule has 44 heavy (non-hydrogen) atoms. The van der Waals surface area contributed by atoms with Crippen molar-refractivity contribution < 1.29 is 23.7 Å². The van der Waals surface area contributed by atoms with Gasteiger partial charge in [0, 0.05) is 4.47 Å². The Balaban J connectivity index is 1.53. The summed E-state index contributed by atoms with van der Waals surface area (Å²) in [5.74, 6) is 1.34. The van der Waals surface area contributed by atoms with Gasteiger partial charge in [-0.3, -0.25) is 9.36 Å². The van der Waals surface area contributed by atoms with Crippen molar-refractivity contribution in [2.75, 3.05) is 13.7 Å². The number of aromatic nitrogens is 1. The highest BCUT2D eigenvalue weighted by Gasteiger charge is 2.33. The molecular weight excluding hydrogens is 644 g/mol. The monoisotopic (exact) mass is 676 g/mol. The Kier molecular flexibility index (Phi) is 9.71. The van der Waals surface area contributed by atoms with Gasteiger partial charge in [0.2, 0.25) is 0 Å². The first kappa shape index (κ1) is 31.3. The number of fused-ring (bicyclic) bond motifs is 1. The number of nitrogens with zero attached hydrogens (tertiary/aromatic N) is 2. The average Bonchev–Trinajstić information content (AvgIpc) is 3.30. The molecule has 0 saturated carbocycles. The summed E-state index contributed by atoms with van der Waals surface area (Å²) in [4.78, 5) is 32.5. The summed E-state index contributed by atoms with van der Waals surface area (Å²) < 4.78 is 25.9. The molecule has 0 bridgehead atoms. The van der Waals surface area contributed by atoms with Crippen LogP contribution in [0.25, 0.3) is 6.08 Å². The lowest BCUT2D eigenvalue weighted by Gasteiger charge is -2.25. The second-order valence-electron chi connectivity index (χ2n) is 10.4. The number of benzene rings is 3. The van der Waals surface area contributed by atoms with Crippen molar-refractivity contribution in [3.8, 4) is 17.2 Å². The van der Waals surface area contributed by atoms with Crippen LogP contribution in [0.15, 0.2) is 92.3 Å². The number of thiazole rings is 1. The van der Waals surface area contributed by atoms with E-state index in [0.29, 0.717) is 51.1 Å². The van der Waals surface area contributed by atoms with E-state index >= 15 is 0 Å².